The van der Waals surface area contributed by atoms with E-state index in [0.717, 1.165) is 13.0 Å². The molecule has 114 valence electrons. The van der Waals surface area contributed by atoms with Crippen LogP contribution in [-0.2, 0) is 13.0 Å². The SMILES string of the molecule is CCCCCC(NCc1ncc(CC)s1)c1ccccc1. The number of aryl methyl sites for hydroxylation is 1. The molecule has 21 heavy (non-hydrogen) atoms. The van der Waals surface area contributed by atoms with Crippen molar-refractivity contribution in [3.8, 4) is 0 Å². The zero-order chi connectivity index (χ0) is 14.9. The highest BCUT2D eigenvalue weighted by Gasteiger charge is 2.11. The van der Waals surface area contributed by atoms with Crippen LogP contribution in [0.2, 0.25) is 0 Å². The summed E-state index contributed by atoms with van der Waals surface area (Å²) in [5.41, 5.74) is 1.39. The number of unbranched alkanes of at least 4 members (excludes halogenated alkanes) is 2. The van der Waals surface area contributed by atoms with Crippen molar-refractivity contribution in [2.75, 3.05) is 0 Å². The van der Waals surface area contributed by atoms with Crippen LogP contribution >= 0.6 is 11.3 Å². The molecule has 0 aliphatic rings. The van der Waals surface area contributed by atoms with E-state index in [-0.39, 0.29) is 0 Å². The fourth-order valence-corrected chi connectivity index (χ4v) is 3.29. The number of nitrogens with one attached hydrogen (secondary N) is 1. The van der Waals surface area contributed by atoms with Crippen LogP contribution in [0, 0.1) is 0 Å². The van der Waals surface area contributed by atoms with Gasteiger partial charge < -0.3 is 5.32 Å². The van der Waals surface area contributed by atoms with Crippen molar-refractivity contribution in [2.45, 2.75) is 58.5 Å². The number of thiazole rings is 1. The first-order valence-corrected chi connectivity index (χ1v) is 8.87. The maximum absolute atomic E-state index is 4.51. The fourth-order valence-electron chi connectivity index (χ4n) is 2.47. The van der Waals surface area contributed by atoms with Crippen LogP contribution in [0.3, 0.4) is 0 Å². The molecule has 0 saturated carbocycles. The Morgan fingerprint density at radius 2 is 1.95 bits per heavy atom. The highest BCUT2D eigenvalue weighted by molar-refractivity contribution is 7.11. The molecule has 2 nitrogen and oxygen atoms in total. The summed E-state index contributed by atoms with van der Waals surface area (Å²) in [4.78, 5) is 5.87. The largest absolute Gasteiger partial charge is 0.304 e. The molecule has 1 N–H and O–H groups in total. The lowest BCUT2D eigenvalue weighted by Gasteiger charge is -2.18. The number of rotatable bonds is 9. The summed E-state index contributed by atoms with van der Waals surface area (Å²) >= 11 is 1.82. The van der Waals surface area contributed by atoms with Gasteiger partial charge in [-0.2, -0.15) is 0 Å². The number of aromatic nitrogens is 1. The summed E-state index contributed by atoms with van der Waals surface area (Å²) < 4.78 is 0. The quantitative estimate of drug-likeness (QED) is 0.651. The highest BCUT2D eigenvalue weighted by atomic mass is 32.1. The number of hydrogen-bond acceptors (Lipinski definition) is 3. The molecular weight excluding hydrogens is 276 g/mol. The fraction of sp³-hybridized carbons (Fsp3) is 0.500. The molecule has 0 spiro atoms. The van der Waals surface area contributed by atoms with Crippen LogP contribution in [0.15, 0.2) is 36.5 Å². The van der Waals surface area contributed by atoms with Gasteiger partial charge >= 0.3 is 0 Å². The van der Waals surface area contributed by atoms with Gasteiger partial charge in [-0.05, 0) is 18.4 Å². The van der Waals surface area contributed by atoms with Crippen LogP contribution in [0.1, 0.15) is 61.0 Å². The second-order valence-electron chi connectivity index (χ2n) is 5.41. The van der Waals surface area contributed by atoms with Crippen LogP contribution in [0.4, 0.5) is 0 Å². The molecule has 1 aromatic carbocycles. The van der Waals surface area contributed by atoms with E-state index in [1.807, 2.05) is 17.5 Å². The summed E-state index contributed by atoms with van der Waals surface area (Å²) in [6.07, 6.45) is 8.15. The van der Waals surface area contributed by atoms with Crippen molar-refractivity contribution in [1.82, 2.24) is 10.3 Å². The van der Waals surface area contributed by atoms with E-state index in [4.69, 9.17) is 0 Å². The molecule has 1 atom stereocenters. The van der Waals surface area contributed by atoms with E-state index in [9.17, 15) is 0 Å². The van der Waals surface area contributed by atoms with E-state index in [1.165, 1.54) is 41.1 Å². The minimum atomic E-state index is 0.437. The molecule has 0 fully saturated rings. The van der Waals surface area contributed by atoms with Gasteiger partial charge in [-0.25, -0.2) is 4.98 Å². The van der Waals surface area contributed by atoms with Gasteiger partial charge in [0.05, 0.1) is 0 Å². The van der Waals surface area contributed by atoms with Crippen LogP contribution in [0.5, 0.6) is 0 Å². The minimum absolute atomic E-state index is 0.437. The Kier molecular flexibility index (Phi) is 6.90. The lowest BCUT2D eigenvalue weighted by molar-refractivity contribution is 0.473. The lowest BCUT2D eigenvalue weighted by Crippen LogP contribution is -2.20. The molecule has 0 saturated heterocycles. The third-order valence-corrected chi connectivity index (χ3v) is 4.89. The lowest BCUT2D eigenvalue weighted by atomic mass is 10.0. The number of nitrogens with zero attached hydrogens (tertiary/aromatic N) is 1. The molecule has 0 aliphatic heterocycles. The molecular formula is C18H26N2S. The van der Waals surface area contributed by atoms with Crippen molar-refractivity contribution < 1.29 is 0 Å². The predicted molar refractivity (Wildman–Crippen MR) is 91.7 cm³/mol. The van der Waals surface area contributed by atoms with Crippen LogP contribution in [-0.4, -0.2) is 4.98 Å². The van der Waals surface area contributed by atoms with Crippen LogP contribution in [0.25, 0.3) is 0 Å². The summed E-state index contributed by atoms with van der Waals surface area (Å²) in [7, 11) is 0. The van der Waals surface area contributed by atoms with Crippen molar-refractivity contribution in [1.29, 1.82) is 0 Å². The molecule has 0 bridgehead atoms. The zero-order valence-corrected chi connectivity index (χ0v) is 14.0. The first kappa shape index (κ1) is 16.2. The third-order valence-electron chi connectivity index (χ3n) is 3.75. The first-order chi connectivity index (χ1) is 10.3. The Morgan fingerprint density at radius 1 is 1.14 bits per heavy atom. The second kappa shape index (κ2) is 8.96. The Bertz CT molecular complexity index is 507. The molecule has 2 rings (SSSR count). The van der Waals surface area contributed by atoms with Gasteiger partial charge in [0.2, 0.25) is 0 Å². The summed E-state index contributed by atoms with van der Waals surface area (Å²) in [5, 5.41) is 4.89. The smallest absolute Gasteiger partial charge is 0.107 e. The average molecular weight is 302 g/mol. The standard InChI is InChI=1S/C18H26N2S/c1-3-5-7-12-17(15-10-8-6-9-11-15)19-14-18-20-13-16(4-2)21-18/h6,8-11,13,17,19H,3-5,7,12,14H2,1-2H3. The molecule has 0 amide bonds. The number of benzene rings is 1. The molecule has 0 radical (unpaired) electrons. The third kappa shape index (κ3) is 5.25. The molecule has 2 aromatic rings. The predicted octanol–water partition coefficient (Wildman–Crippen LogP) is 5.12. The van der Waals surface area contributed by atoms with E-state index >= 15 is 0 Å². The Morgan fingerprint density at radius 3 is 2.62 bits per heavy atom. The van der Waals surface area contributed by atoms with Crippen molar-refractivity contribution in [3.63, 3.8) is 0 Å². The Balaban J connectivity index is 1.95. The minimum Gasteiger partial charge on any atom is -0.304 e. The maximum atomic E-state index is 4.51. The van der Waals surface area contributed by atoms with Gasteiger partial charge in [0.1, 0.15) is 5.01 Å². The monoisotopic (exact) mass is 302 g/mol. The van der Waals surface area contributed by atoms with Crippen molar-refractivity contribution >= 4 is 11.3 Å². The van der Waals surface area contributed by atoms with E-state index in [0.29, 0.717) is 6.04 Å². The summed E-state index contributed by atoms with van der Waals surface area (Å²) in [5.74, 6) is 0. The van der Waals surface area contributed by atoms with E-state index < -0.39 is 0 Å². The molecule has 1 unspecified atom stereocenters. The average Bonchev–Trinajstić information content (AvgIpc) is 2.99. The molecule has 0 aliphatic carbocycles. The highest BCUT2D eigenvalue weighted by Crippen LogP contribution is 2.21. The Labute approximate surface area is 132 Å². The summed E-state index contributed by atoms with van der Waals surface area (Å²) in [6.45, 7) is 5.31. The molecule has 1 aromatic heterocycles. The van der Waals surface area contributed by atoms with Crippen LogP contribution < -0.4 is 5.32 Å². The van der Waals surface area contributed by atoms with E-state index in [2.05, 4.69) is 54.5 Å². The normalized spacial score (nSPS) is 12.5. The number of hydrogen-bond donors (Lipinski definition) is 1. The van der Waals surface area contributed by atoms with Gasteiger partial charge in [-0.3, -0.25) is 0 Å². The maximum Gasteiger partial charge on any atom is 0.107 e. The van der Waals surface area contributed by atoms with Gasteiger partial charge in [0.25, 0.3) is 0 Å². The second-order valence-corrected chi connectivity index (χ2v) is 6.61. The van der Waals surface area contributed by atoms with E-state index in [1.54, 1.807) is 0 Å². The van der Waals surface area contributed by atoms with Gasteiger partial charge in [0, 0.05) is 23.7 Å². The van der Waals surface area contributed by atoms with Crippen molar-refractivity contribution in [2.24, 2.45) is 0 Å². The van der Waals surface area contributed by atoms with Gasteiger partial charge in [0.15, 0.2) is 0 Å². The summed E-state index contributed by atoms with van der Waals surface area (Å²) in [6, 6.07) is 11.2. The van der Waals surface area contributed by atoms with Gasteiger partial charge in [-0.1, -0.05) is 63.4 Å². The first-order valence-electron chi connectivity index (χ1n) is 8.05. The Hall–Kier alpha value is -1.19. The molecule has 3 heteroatoms. The van der Waals surface area contributed by atoms with Crippen molar-refractivity contribution in [3.05, 3.63) is 52.0 Å². The van der Waals surface area contributed by atoms with Gasteiger partial charge in [-0.15, -0.1) is 11.3 Å². The topological polar surface area (TPSA) is 24.9 Å². The zero-order valence-electron chi connectivity index (χ0n) is 13.1. The molecule has 1 heterocycles.